The van der Waals surface area contributed by atoms with Gasteiger partial charge in [0.05, 0.1) is 18.5 Å². The number of rotatable bonds is 12. The fraction of sp³-hybridized carbons (Fsp3) is 0.519. The van der Waals surface area contributed by atoms with Crippen LogP contribution in [-0.2, 0) is 16.6 Å². The van der Waals surface area contributed by atoms with Crippen LogP contribution in [0.4, 0.5) is 5.69 Å². The molecule has 0 aliphatic carbocycles. The number of nitrogens with one attached hydrogen (secondary N) is 1. The van der Waals surface area contributed by atoms with Crippen LogP contribution in [0.15, 0.2) is 42.5 Å². The average Bonchev–Trinajstić information content (AvgIpc) is 2.77. The molecule has 2 aromatic carbocycles. The van der Waals surface area contributed by atoms with Gasteiger partial charge in [-0.2, -0.15) is 0 Å². The number of unbranched alkanes of at least 4 members (excludes halogenated alkanes) is 1. The Morgan fingerprint density at radius 3 is 2.27 bits per heavy atom. The van der Waals surface area contributed by atoms with Gasteiger partial charge in [0, 0.05) is 12.1 Å². The SMILES string of the molecule is CCCC[C@@H](CC)CNC(=O)c1ccc(CN(c2c(C)cccc2C(C)C)S(C)(=O)=O)cc1. The van der Waals surface area contributed by atoms with Gasteiger partial charge in [0.15, 0.2) is 0 Å². The van der Waals surface area contributed by atoms with Crippen LogP contribution in [0.25, 0.3) is 0 Å². The predicted octanol–water partition coefficient (Wildman–Crippen LogP) is 6.03. The van der Waals surface area contributed by atoms with Gasteiger partial charge in [-0.15, -0.1) is 0 Å². The van der Waals surface area contributed by atoms with Crippen LogP contribution in [0, 0.1) is 12.8 Å². The van der Waals surface area contributed by atoms with Gasteiger partial charge in [-0.25, -0.2) is 8.42 Å². The Morgan fingerprint density at radius 1 is 1.06 bits per heavy atom. The zero-order valence-electron chi connectivity index (χ0n) is 21.0. The molecule has 0 fully saturated rings. The van der Waals surface area contributed by atoms with Crippen molar-refractivity contribution in [1.29, 1.82) is 0 Å². The molecule has 0 saturated heterocycles. The molecule has 1 atom stereocenters. The van der Waals surface area contributed by atoms with E-state index in [4.69, 9.17) is 0 Å². The molecule has 1 amide bonds. The fourth-order valence-corrected chi connectivity index (χ4v) is 5.02. The Kier molecular flexibility index (Phi) is 9.96. The molecule has 6 heteroatoms. The number of sulfonamides is 1. The van der Waals surface area contributed by atoms with Gasteiger partial charge in [0.2, 0.25) is 10.0 Å². The van der Waals surface area contributed by atoms with E-state index in [1.807, 2.05) is 37.3 Å². The number of hydrogen-bond donors (Lipinski definition) is 1. The number of para-hydroxylation sites is 1. The minimum atomic E-state index is -3.50. The molecule has 0 aliphatic rings. The molecule has 0 saturated carbocycles. The lowest BCUT2D eigenvalue weighted by atomic mass is 9.98. The lowest BCUT2D eigenvalue weighted by Gasteiger charge is -2.28. The number of hydrogen-bond acceptors (Lipinski definition) is 3. The lowest BCUT2D eigenvalue weighted by Crippen LogP contribution is -2.31. The van der Waals surface area contributed by atoms with Crippen LogP contribution in [0.2, 0.25) is 0 Å². The highest BCUT2D eigenvalue weighted by Gasteiger charge is 2.23. The first-order valence-corrected chi connectivity index (χ1v) is 13.9. The summed E-state index contributed by atoms with van der Waals surface area (Å²) in [5.41, 5.74) is 4.11. The third-order valence-corrected chi connectivity index (χ3v) is 7.29. The van der Waals surface area contributed by atoms with Gasteiger partial charge in [-0.05, 0) is 54.0 Å². The number of nitrogens with zero attached hydrogens (tertiary/aromatic N) is 1. The molecule has 1 N–H and O–H groups in total. The average molecular weight is 473 g/mol. The molecule has 2 aromatic rings. The maximum Gasteiger partial charge on any atom is 0.251 e. The van der Waals surface area contributed by atoms with E-state index in [1.165, 1.54) is 17.0 Å². The minimum absolute atomic E-state index is 0.0857. The molecule has 33 heavy (non-hydrogen) atoms. The molecule has 182 valence electrons. The molecule has 5 nitrogen and oxygen atoms in total. The first kappa shape index (κ1) is 26.9. The summed E-state index contributed by atoms with van der Waals surface area (Å²) in [5.74, 6) is 0.609. The summed E-state index contributed by atoms with van der Waals surface area (Å²) in [6.07, 6.45) is 5.77. The summed E-state index contributed by atoms with van der Waals surface area (Å²) in [5, 5.41) is 3.05. The Hall–Kier alpha value is -2.34. The summed E-state index contributed by atoms with van der Waals surface area (Å²) in [6.45, 7) is 11.3. The zero-order valence-corrected chi connectivity index (χ0v) is 21.8. The number of carbonyl (C=O) groups excluding carboxylic acids is 1. The number of benzene rings is 2. The molecule has 0 bridgehead atoms. The molecule has 0 aliphatic heterocycles. The molecular formula is C27H40N2O3S. The second-order valence-electron chi connectivity index (χ2n) is 9.26. The summed E-state index contributed by atoms with van der Waals surface area (Å²) in [6, 6.07) is 13.1. The van der Waals surface area contributed by atoms with E-state index in [2.05, 4.69) is 33.0 Å². The normalized spacial score (nSPS) is 12.6. The van der Waals surface area contributed by atoms with E-state index in [0.717, 1.165) is 41.6 Å². The molecular weight excluding hydrogens is 432 g/mol. The number of carbonyl (C=O) groups is 1. The van der Waals surface area contributed by atoms with Gasteiger partial charge >= 0.3 is 0 Å². The maximum atomic E-state index is 12.8. The summed E-state index contributed by atoms with van der Waals surface area (Å²) >= 11 is 0. The van der Waals surface area contributed by atoms with Gasteiger partial charge in [-0.1, -0.05) is 77.3 Å². The van der Waals surface area contributed by atoms with Crippen LogP contribution in [-0.4, -0.2) is 27.1 Å². The summed E-state index contributed by atoms with van der Waals surface area (Å²) in [7, 11) is -3.50. The smallest absolute Gasteiger partial charge is 0.251 e. The van der Waals surface area contributed by atoms with E-state index in [1.54, 1.807) is 12.1 Å². The molecule has 0 aromatic heterocycles. The van der Waals surface area contributed by atoms with Gasteiger partial charge in [-0.3, -0.25) is 9.10 Å². The molecule has 0 unspecified atom stereocenters. The van der Waals surface area contributed by atoms with Crippen molar-refractivity contribution in [2.45, 2.75) is 72.8 Å². The molecule has 0 radical (unpaired) electrons. The molecule has 0 heterocycles. The lowest BCUT2D eigenvalue weighted by molar-refractivity contribution is 0.0946. The highest BCUT2D eigenvalue weighted by atomic mass is 32.2. The second kappa shape index (κ2) is 12.2. The quantitative estimate of drug-likeness (QED) is 0.410. The first-order valence-electron chi connectivity index (χ1n) is 12.0. The maximum absolute atomic E-state index is 12.8. The van der Waals surface area contributed by atoms with E-state index < -0.39 is 10.0 Å². The first-order chi connectivity index (χ1) is 15.6. The Bertz CT molecular complexity index is 1010. The number of amides is 1. The zero-order chi connectivity index (χ0) is 24.6. The van der Waals surface area contributed by atoms with E-state index in [-0.39, 0.29) is 18.4 Å². The third kappa shape index (κ3) is 7.60. The van der Waals surface area contributed by atoms with E-state index in [9.17, 15) is 13.2 Å². The fourth-order valence-electron chi connectivity index (χ4n) is 4.06. The Labute approximate surface area is 200 Å². The highest BCUT2D eigenvalue weighted by molar-refractivity contribution is 7.92. The van der Waals surface area contributed by atoms with Crippen molar-refractivity contribution < 1.29 is 13.2 Å². The monoisotopic (exact) mass is 472 g/mol. The van der Waals surface area contributed by atoms with Crippen molar-refractivity contribution in [3.8, 4) is 0 Å². The summed E-state index contributed by atoms with van der Waals surface area (Å²) < 4.78 is 27.0. The van der Waals surface area contributed by atoms with Crippen LogP contribution in [0.3, 0.4) is 0 Å². The van der Waals surface area contributed by atoms with Crippen molar-refractivity contribution in [3.05, 3.63) is 64.7 Å². The van der Waals surface area contributed by atoms with Gasteiger partial charge in [0.1, 0.15) is 0 Å². The topological polar surface area (TPSA) is 66.5 Å². The number of aryl methyl sites for hydroxylation is 1. The molecule has 0 spiro atoms. The highest BCUT2D eigenvalue weighted by Crippen LogP contribution is 2.33. The van der Waals surface area contributed by atoms with Crippen LogP contribution >= 0.6 is 0 Å². The van der Waals surface area contributed by atoms with E-state index >= 15 is 0 Å². The van der Waals surface area contributed by atoms with Gasteiger partial charge in [0.25, 0.3) is 5.91 Å². The van der Waals surface area contributed by atoms with Crippen LogP contribution in [0.5, 0.6) is 0 Å². The largest absolute Gasteiger partial charge is 0.352 e. The Morgan fingerprint density at radius 2 is 1.73 bits per heavy atom. The van der Waals surface area contributed by atoms with E-state index in [0.29, 0.717) is 18.0 Å². The van der Waals surface area contributed by atoms with Crippen molar-refractivity contribution in [3.63, 3.8) is 0 Å². The Balaban J connectivity index is 2.19. The minimum Gasteiger partial charge on any atom is -0.352 e. The van der Waals surface area contributed by atoms with Crippen LogP contribution < -0.4 is 9.62 Å². The summed E-state index contributed by atoms with van der Waals surface area (Å²) in [4.78, 5) is 12.6. The van der Waals surface area contributed by atoms with Gasteiger partial charge < -0.3 is 5.32 Å². The third-order valence-electron chi connectivity index (χ3n) is 6.18. The van der Waals surface area contributed by atoms with Crippen molar-refractivity contribution in [2.75, 3.05) is 17.1 Å². The predicted molar refractivity (Wildman–Crippen MR) is 138 cm³/mol. The van der Waals surface area contributed by atoms with Crippen molar-refractivity contribution >= 4 is 21.6 Å². The number of anilines is 1. The van der Waals surface area contributed by atoms with Crippen molar-refractivity contribution in [1.82, 2.24) is 5.32 Å². The standard InChI is InChI=1S/C27H40N2O3S/c1-7-9-12-22(8-2)18-28-27(30)24-16-14-23(15-17-24)19-29(33(6,31)32)26-21(5)11-10-13-25(26)20(3)4/h10-11,13-17,20,22H,7-9,12,18-19H2,1-6H3,(H,28,30)/t22-/m1/s1. The molecule has 2 rings (SSSR count). The van der Waals surface area contributed by atoms with Crippen LogP contribution in [0.1, 0.15) is 86.3 Å². The second-order valence-corrected chi connectivity index (χ2v) is 11.2. The van der Waals surface area contributed by atoms with Crippen molar-refractivity contribution in [2.24, 2.45) is 5.92 Å².